The van der Waals surface area contributed by atoms with E-state index in [1.807, 2.05) is 37.7 Å². The van der Waals surface area contributed by atoms with Crippen LogP contribution < -0.4 is 5.32 Å². The van der Waals surface area contributed by atoms with E-state index in [9.17, 15) is 44.3 Å². The van der Waals surface area contributed by atoms with Gasteiger partial charge in [-0.15, -0.1) is 5.10 Å². The van der Waals surface area contributed by atoms with E-state index in [0.717, 1.165) is 0 Å². The monoisotopic (exact) mass is 1120 g/mol. The Bertz CT molecular complexity index is 2300. The molecule has 448 valence electrons. The molecule has 6 rings (SSSR count). The zero-order valence-corrected chi connectivity index (χ0v) is 48.9. The number of esters is 1. The van der Waals surface area contributed by atoms with Gasteiger partial charge in [0.1, 0.15) is 48.8 Å². The minimum absolute atomic E-state index is 0.0262. The number of likely N-dealkylation sites (N-methyl/N-ethyl adjacent to an activating group) is 2. The molecule has 5 heterocycles. The predicted molar refractivity (Wildman–Crippen MR) is 287 cm³/mol. The van der Waals surface area contributed by atoms with Gasteiger partial charge in [0.15, 0.2) is 12.6 Å². The smallest absolute Gasteiger partial charge is 0.311 e. The second-order valence-electron chi connectivity index (χ2n) is 23.7. The molecule has 0 unspecified atom stereocenters. The maximum atomic E-state index is 15.0. The molecular formula is C56H92FN7O15. The average Bonchev–Trinajstić information content (AvgIpc) is 3.91. The molecule has 0 saturated carbocycles. The first kappa shape index (κ1) is 64.3. The van der Waals surface area contributed by atoms with E-state index in [-0.39, 0.29) is 43.5 Å². The Morgan fingerprint density at radius 1 is 0.987 bits per heavy atom. The van der Waals surface area contributed by atoms with E-state index in [0.29, 0.717) is 55.8 Å². The number of aromatic nitrogens is 3. The number of nitrogens with one attached hydrogen (secondary N) is 1. The SMILES string of the molecule is CC[C@H]1OC(=O)[C@H](C)[C@@H](O[C@H]2C[C@@](C)(OC)[C@@H](O)[C@H](C)O2)[C@H](C)[C@@H](O[C@@H]2O[C@H](C)C[C@H](N(C)CCc3cn([C@H](CF)[C@H](OC)c4ccc(C(=O)N5CCNC(=O)C5)cc4)nn3)[C@H]2O)[C@](C)(O)C[C@@H](C)CN(C)[C@H](C)[C@@H](O)[C@]1(C)O. The van der Waals surface area contributed by atoms with E-state index >= 15 is 0 Å². The van der Waals surface area contributed by atoms with Crippen molar-refractivity contribution in [1.82, 2.24) is 35.0 Å². The summed E-state index contributed by atoms with van der Waals surface area (Å²) in [6.07, 6.45) is -8.51. The van der Waals surface area contributed by atoms with Crippen LogP contribution in [0.2, 0.25) is 0 Å². The standard InChI is InChI=1S/C56H92FN7O15/c1-15-42-56(10,72)48(67)35(6)62(12)28-31(2)25-54(8,71)50(33(4)46(34(5)52(70)77-42)78-44-26-55(9,74-14)49(68)36(7)76-44)79-53-45(66)40(24-32(3)75-53)61(11)22-20-39-29-64(60-59-39)41(27-57)47(73-13)37-16-18-38(19-17-37)51(69)63-23-21-58-43(65)30-63/h16-19,29,31-36,40-42,44-50,53,66-68,71-72H,15,20-28,30H2,1-14H3,(H,58,65)/t31-,32-,33+,34-,35-,36+,40+,41-,42-,44+,45-,46+,47-,48-,49+,50-,53+,54-,55-,56-/m1/s1. The van der Waals surface area contributed by atoms with Crippen molar-refractivity contribution in [2.24, 2.45) is 17.8 Å². The number of aliphatic hydroxyl groups excluding tert-OH is 3. The van der Waals surface area contributed by atoms with Gasteiger partial charge in [0.25, 0.3) is 5.91 Å². The second-order valence-corrected chi connectivity index (χ2v) is 23.7. The molecule has 2 aromatic rings. The average molecular weight is 1120 g/mol. The van der Waals surface area contributed by atoms with Crippen molar-refractivity contribution in [3.8, 4) is 0 Å². The Morgan fingerprint density at radius 2 is 1.67 bits per heavy atom. The number of rotatable bonds is 16. The molecule has 1 aromatic heterocycles. The number of amides is 2. The number of ether oxygens (including phenoxy) is 7. The highest BCUT2D eigenvalue weighted by atomic mass is 19.1. The molecule has 0 spiro atoms. The highest BCUT2D eigenvalue weighted by molar-refractivity contribution is 5.97. The molecule has 1 aromatic carbocycles. The van der Waals surface area contributed by atoms with E-state index < -0.39 is 127 Å². The fourth-order valence-corrected chi connectivity index (χ4v) is 12.3. The number of benzene rings is 1. The van der Waals surface area contributed by atoms with Crippen LogP contribution in [0.15, 0.2) is 30.5 Å². The molecule has 6 N–H and O–H groups in total. The summed E-state index contributed by atoms with van der Waals surface area (Å²) < 4.78 is 60.5. The Hall–Kier alpha value is -3.82. The lowest BCUT2D eigenvalue weighted by Crippen LogP contribution is -2.61. The van der Waals surface area contributed by atoms with E-state index in [2.05, 4.69) is 15.6 Å². The highest BCUT2D eigenvalue weighted by Gasteiger charge is 2.53. The summed E-state index contributed by atoms with van der Waals surface area (Å²) in [4.78, 5) is 44.9. The summed E-state index contributed by atoms with van der Waals surface area (Å²) in [6, 6.07) is 4.63. The number of cyclic esters (lactones) is 1. The molecule has 4 saturated heterocycles. The van der Waals surface area contributed by atoms with Gasteiger partial charge in [-0.25, -0.2) is 9.07 Å². The van der Waals surface area contributed by atoms with Gasteiger partial charge >= 0.3 is 5.97 Å². The van der Waals surface area contributed by atoms with Crippen LogP contribution in [0.3, 0.4) is 0 Å². The van der Waals surface area contributed by atoms with Crippen molar-refractivity contribution in [2.45, 2.75) is 204 Å². The van der Waals surface area contributed by atoms with Crippen molar-refractivity contribution in [3.63, 3.8) is 0 Å². The van der Waals surface area contributed by atoms with Gasteiger partial charge in [-0.05, 0) is 105 Å². The van der Waals surface area contributed by atoms with Crippen LogP contribution in [0.4, 0.5) is 4.39 Å². The number of carbonyl (C=O) groups is 3. The maximum absolute atomic E-state index is 15.0. The number of carbonyl (C=O) groups excluding carboxylic acids is 3. The number of alkyl halides is 1. The number of hydrogen-bond acceptors (Lipinski definition) is 19. The summed E-state index contributed by atoms with van der Waals surface area (Å²) in [5.74, 6) is -3.45. The quantitative estimate of drug-likeness (QED) is 0.132. The van der Waals surface area contributed by atoms with Crippen LogP contribution in [-0.2, 0) is 49.2 Å². The lowest BCUT2D eigenvalue weighted by atomic mass is 9.77. The molecule has 2 amide bonds. The first-order chi connectivity index (χ1) is 37.1. The minimum atomic E-state index is -1.87. The number of piperazine rings is 1. The van der Waals surface area contributed by atoms with E-state index in [1.54, 1.807) is 78.9 Å². The number of halogens is 1. The number of aliphatic hydroxyl groups is 5. The second kappa shape index (κ2) is 27.1. The van der Waals surface area contributed by atoms with Crippen LogP contribution in [0.1, 0.15) is 129 Å². The Kier molecular flexibility index (Phi) is 22.0. The Balaban J connectivity index is 1.23. The minimum Gasteiger partial charge on any atom is -0.459 e. The van der Waals surface area contributed by atoms with Gasteiger partial charge in [-0.2, -0.15) is 0 Å². The molecule has 79 heavy (non-hydrogen) atoms. The van der Waals surface area contributed by atoms with Gasteiger partial charge in [0, 0.05) is 83.0 Å². The molecule has 0 radical (unpaired) electrons. The van der Waals surface area contributed by atoms with Crippen molar-refractivity contribution < 1.29 is 77.5 Å². The molecule has 22 nitrogen and oxygen atoms in total. The first-order valence-electron chi connectivity index (χ1n) is 28.0. The van der Waals surface area contributed by atoms with E-state index in [1.165, 1.54) is 30.7 Å². The molecule has 23 heteroatoms. The van der Waals surface area contributed by atoms with Gasteiger partial charge in [0.2, 0.25) is 5.91 Å². The van der Waals surface area contributed by atoms with Crippen molar-refractivity contribution in [2.75, 3.05) is 67.7 Å². The molecular weight excluding hydrogens is 1030 g/mol. The van der Waals surface area contributed by atoms with Gasteiger partial charge < -0.3 is 78.7 Å². The van der Waals surface area contributed by atoms with Crippen molar-refractivity contribution in [1.29, 1.82) is 0 Å². The van der Waals surface area contributed by atoms with Crippen LogP contribution in [0.25, 0.3) is 0 Å². The number of hydrogen-bond donors (Lipinski definition) is 6. The molecule has 0 aliphatic carbocycles. The molecule has 4 aliphatic heterocycles. The number of methoxy groups -OCH3 is 2. The van der Waals surface area contributed by atoms with Crippen LogP contribution in [0, 0.1) is 17.8 Å². The summed E-state index contributed by atoms with van der Waals surface area (Å²) >= 11 is 0. The lowest BCUT2D eigenvalue weighted by Gasteiger charge is -2.49. The van der Waals surface area contributed by atoms with Crippen molar-refractivity contribution >= 4 is 17.8 Å². The van der Waals surface area contributed by atoms with Crippen LogP contribution >= 0.6 is 0 Å². The van der Waals surface area contributed by atoms with Crippen molar-refractivity contribution in [3.05, 3.63) is 47.3 Å². The zero-order valence-electron chi connectivity index (χ0n) is 48.9. The lowest BCUT2D eigenvalue weighted by molar-refractivity contribution is -0.318. The zero-order chi connectivity index (χ0) is 58.5. The summed E-state index contributed by atoms with van der Waals surface area (Å²) in [7, 11) is 6.63. The molecule has 4 fully saturated rings. The summed E-state index contributed by atoms with van der Waals surface area (Å²) in [5, 5.41) is 71.3. The number of nitrogens with zero attached hydrogens (tertiary/aromatic N) is 6. The normalized spacial score (nSPS) is 38.6. The van der Waals surface area contributed by atoms with Gasteiger partial charge in [-0.3, -0.25) is 14.4 Å². The molecule has 0 bridgehead atoms. The fourth-order valence-electron chi connectivity index (χ4n) is 12.3. The van der Waals surface area contributed by atoms with E-state index in [4.69, 9.17) is 33.2 Å². The Morgan fingerprint density at radius 3 is 2.29 bits per heavy atom. The predicted octanol–water partition coefficient (Wildman–Crippen LogP) is 2.58. The fraction of sp³-hybridized carbons (Fsp3) is 0.804. The highest BCUT2D eigenvalue weighted by Crippen LogP contribution is 2.41. The van der Waals surface area contributed by atoms with Gasteiger partial charge in [-0.1, -0.05) is 38.1 Å². The third kappa shape index (κ3) is 14.9. The summed E-state index contributed by atoms with van der Waals surface area (Å²) in [5.41, 5.74) is -3.08. The third-order valence-electron chi connectivity index (χ3n) is 17.3. The topological polar surface area (TPSA) is 269 Å². The van der Waals surface area contributed by atoms with Crippen LogP contribution in [-0.4, -0.2) is 231 Å². The summed E-state index contributed by atoms with van der Waals surface area (Å²) in [6.45, 7) is 18.0. The maximum Gasteiger partial charge on any atom is 0.311 e. The molecule has 20 atom stereocenters. The first-order valence-corrected chi connectivity index (χ1v) is 28.0. The third-order valence-corrected chi connectivity index (χ3v) is 17.3. The van der Waals surface area contributed by atoms with Gasteiger partial charge in [0.05, 0.1) is 53.8 Å². The van der Waals surface area contributed by atoms with Crippen LogP contribution in [0.5, 0.6) is 0 Å². The Labute approximate surface area is 465 Å². The molecule has 4 aliphatic rings. The largest absolute Gasteiger partial charge is 0.459 e.